The van der Waals surface area contributed by atoms with Gasteiger partial charge in [0.2, 0.25) is 0 Å². The van der Waals surface area contributed by atoms with Gasteiger partial charge in [0.25, 0.3) is 11.8 Å². The summed E-state index contributed by atoms with van der Waals surface area (Å²) >= 11 is 1.36. The lowest BCUT2D eigenvalue weighted by Gasteiger charge is -2.34. The van der Waals surface area contributed by atoms with E-state index < -0.39 is 0 Å². The lowest BCUT2D eigenvalue weighted by molar-refractivity contribution is 0.0615. The maximum absolute atomic E-state index is 13.2. The molecule has 36 heavy (non-hydrogen) atoms. The molecule has 2 aromatic heterocycles. The number of aromatic nitrogens is 2. The van der Waals surface area contributed by atoms with E-state index in [1.807, 2.05) is 58.8 Å². The molecule has 4 aromatic rings. The van der Waals surface area contributed by atoms with Gasteiger partial charge in [-0.15, -0.1) is 11.3 Å². The van der Waals surface area contributed by atoms with Crippen LogP contribution < -0.4 is 5.32 Å². The number of carbonyl (C=O) groups excluding carboxylic acids is 2. The number of carbonyl (C=O) groups is 2. The maximum Gasteiger partial charge on any atom is 0.265 e. The van der Waals surface area contributed by atoms with Crippen LogP contribution in [0.1, 0.15) is 31.3 Å². The van der Waals surface area contributed by atoms with Crippen LogP contribution in [0.3, 0.4) is 0 Å². The summed E-state index contributed by atoms with van der Waals surface area (Å²) < 4.78 is 0. The number of rotatable bonds is 7. The van der Waals surface area contributed by atoms with Gasteiger partial charge < -0.3 is 15.3 Å². The molecule has 2 amide bonds. The monoisotopic (exact) mass is 501 g/mol. The third-order valence-electron chi connectivity index (χ3n) is 6.29. The molecule has 2 aromatic carbocycles. The normalized spacial score (nSPS) is 14.5. The molecule has 1 saturated heterocycles. The molecule has 3 N–H and O–H groups in total. The van der Waals surface area contributed by atoms with Crippen molar-refractivity contribution in [3.8, 4) is 0 Å². The van der Waals surface area contributed by atoms with E-state index in [1.54, 1.807) is 18.2 Å². The minimum absolute atomic E-state index is 0.0703. The van der Waals surface area contributed by atoms with Gasteiger partial charge in [-0.3, -0.25) is 19.6 Å². The Hall–Kier alpha value is -3.79. The van der Waals surface area contributed by atoms with Crippen molar-refractivity contribution >= 4 is 51.9 Å². The zero-order valence-electron chi connectivity index (χ0n) is 19.7. The van der Waals surface area contributed by atoms with E-state index in [0.717, 1.165) is 35.2 Å². The number of anilines is 1. The van der Waals surface area contributed by atoms with Crippen molar-refractivity contribution < 1.29 is 14.7 Å². The molecule has 1 fully saturated rings. The summed E-state index contributed by atoms with van der Waals surface area (Å²) in [6, 6.07) is 16.9. The van der Waals surface area contributed by atoms with Crippen molar-refractivity contribution in [2.45, 2.75) is 0 Å². The zero-order chi connectivity index (χ0) is 24.9. The lowest BCUT2D eigenvalue weighted by Crippen LogP contribution is -2.49. The first-order valence-electron chi connectivity index (χ1n) is 11.8. The summed E-state index contributed by atoms with van der Waals surface area (Å²) in [5.41, 5.74) is 3.60. The van der Waals surface area contributed by atoms with Crippen LogP contribution >= 0.6 is 11.3 Å². The number of fused-ring (bicyclic) bond motifs is 1. The van der Waals surface area contributed by atoms with E-state index in [4.69, 9.17) is 5.11 Å². The molecule has 0 saturated carbocycles. The van der Waals surface area contributed by atoms with Gasteiger partial charge in [0.05, 0.1) is 22.7 Å². The van der Waals surface area contributed by atoms with Gasteiger partial charge in [0, 0.05) is 49.4 Å². The number of β-amino-alcohol motifs (C(OH)–C–C–N with tert-alkyl or cyclic N) is 1. The van der Waals surface area contributed by atoms with E-state index in [2.05, 4.69) is 20.4 Å². The molecule has 0 spiro atoms. The van der Waals surface area contributed by atoms with E-state index in [0.29, 0.717) is 35.8 Å². The highest BCUT2D eigenvalue weighted by Crippen LogP contribution is 2.25. The Balaban J connectivity index is 1.41. The van der Waals surface area contributed by atoms with E-state index in [9.17, 15) is 9.59 Å². The number of nitrogens with zero attached hydrogens (tertiary/aromatic N) is 3. The Morgan fingerprint density at radius 1 is 1.06 bits per heavy atom. The number of hydrogen-bond acceptors (Lipinski definition) is 6. The topological polar surface area (TPSA) is 102 Å². The van der Waals surface area contributed by atoms with E-state index in [1.165, 1.54) is 11.3 Å². The molecule has 0 unspecified atom stereocenters. The minimum Gasteiger partial charge on any atom is -0.395 e. The van der Waals surface area contributed by atoms with Crippen LogP contribution in [0.5, 0.6) is 0 Å². The van der Waals surface area contributed by atoms with Crippen molar-refractivity contribution in [2.24, 2.45) is 0 Å². The number of piperazine rings is 1. The highest BCUT2D eigenvalue weighted by atomic mass is 32.1. The van der Waals surface area contributed by atoms with Crippen molar-refractivity contribution in [1.29, 1.82) is 0 Å². The summed E-state index contributed by atoms with van der Waals surface area (Å²) in [6.45, 7) is 3.39. The minimum atomic E-state index is -0.216. The van der Waals surface area contributed by atoms with Crippen LogP contribution in [-0.2, 0) is 0 Å². The van der Waals surface area contributed by atoms with E-state index in [-0.39, 0.29) is 18.4 Å². The van der Waals surface area contributed by atoms with Crippen LogP contribution in [0.4, 0.5) is 5.69 Å². The first kappa shape index (κ1) is 23.9. The second-order valence-electron chi connectivity index (χ2n) is 8.58. The van der Waals surface area contributed by atoms with Crippen LogP contribution in [0.25, 0.3) is 23.1 Å². The standard InChI is InChI=1S/C27H27N5O3S/c33-16-15-31-11-13-32(14-12-31)27(35)20-8-7-19(24(18-20)28-26(34)25-6-3-17-36-25)9-10-23-21-4-1-2-5-22(21)29-30-23/h1-10,17-18,33H,11-16H2,(H,28,34)(H,29,30)/b10-9+. The number of aromatic amines is 1. The second-order valence-corrected chi connectivity index (χ2v) is 9.53. The first-order valence-corrected chi connectivity index (χ1v) is 12.7. The number of nitrogens with one attached hydrogen (secondary N) is 2. The van der Waals surface area contributed by atoms with Gasteiger partial charge in [0.15, 0.2) is 0 Å². The van der Waals surface area contributed by atoms with Crippen LogP contribution in [0.2, 0.25) is 0 Å². The van der Waals surface area contributed by atoms with Gasteiger partial charge in [-0.2, -0.15) is 5.10 Å². The zero-order valence-corrected chi connectivity index (χ0v) is 20.5. The van der Waals surface area contributed by atoms with Crippen molar-refractivity contribution in [1.82, 2.24) is 20.0 Å². The molecule has 8 nitrogen and oxygen atoms in total. The number of aliphatic hydroxyl groups excluding tert-OH is 1. The molecular weight excluding hydrogens is 474 g/mol. The third-order valence-corrected chi connectivity index (χ3v) is 7.16. The highest BCUT2D eigenvalue weighted by Gasteiger charge is 2.22. The van der Waals surface area contributed by atoms with Crippen molar-refractivity contribution in [3.05, 3.63) is 81.7 Å². The molecular formula is C27H27N5O3S. The predicted octanol–water partition coefficient (Wildman–Crippen LogP) is 3.80. The van der Waals surface area contributed by atoms with Gasteiger partial charge in [0.1, 0.15) is 0 Å². The number of hydrogen-bond donors (Lipinski definition) is 3. The van der Waals surface area contributed by atoms with E-state index >= 15 is 0 Å². The molecule has 1 aliphatic heterocycles. The second kappa shape index (κ2) is 10.9. The van der Waals surface area contributed by atoms with Crippen LogP contribution in [0, 0.1) is 0 Å². The molecule has 184 valence electrons. The largest absolute Gasteiger partial charge is 0.395 e. The first-order chi connectivity index (χ1) is 17.6. The van der Waals surface area contributed by atoms with Crippen LogP contribution in [0.15, 0.2) is 60.0 Å². The number of H-pyrrole nitrogens is 1. The van der Waals surface area contributed by atoms with Gasteiger partial charge in [-0.25, -0.2) is 0 Å². The maximum atomic E-state index is 13.2. The van der Waals surface area contributed by atoms with Crippen molar-refractivity contribution in [3.63, 3.8) is 0 Å². The highest BCUT2D eigenvalue weighted by molar-refractivity contribution is 7.12. The third kappa shape index (κ3) is 5.23. The molecule has 0 atom stereocenters. The smallest absolute Gasteiger partial charge is 0.265 e. The fourth-order valence-electron chi connectivity index (χ4n) is 4.31. The van der Waals surface area contributed by atoms with Gasteiger partial charge >= 0.3 is 0 Å². The average molecular weight is 502 g/mol. The molecule has 5 rings (SSSR count). The van der Waals surface area contributed by atoms with Crippen molar-refractivity contribution in [2.75, 3.05) is 44.6 Å². The lowest BCUT2D eigenvalue weighted by atomic mass is 10.1. The predicted molar refractivity (Wildman–Crippen MR) is 143 cm³/mol. The number of benzene rings is 2. The molecule has 9 heteroatoms. The number of amides is 2. The Morgan fingerprint density at radius 2 is 1.89 bits per heavy atom. The Kier molecular flexibility index (Phi) is 7.22. The Labute approximate surface area is 212 Å². The SMILES string of the molecule is O=C(Nc1cc(C(=O)N2CCN(CCO)CC2)ccc1/C=C/c1n[nH]c2ccccc12)c1cccs1. The van der Waals surface area contributed by atoms with Gasteiger partial charge in [-0.05, 0) is 41.3 Å². The number of para-hydroxylation sites is 1. The number of aliphatic hydroxyl groups is 1. The Bertz CT molecular complexity index is 1390. The average Bonchev–Trinajstić information content (AvgIpc) is 3.59. The molecule has 0 radical (unpaired) electrons. The molecule has 1 aliphatic rings. The fourth-order valence-corrected chi connectivity index (χ4v) is 4.93. The molecule has 0 bridgehead atoms. The van der Waals surface area contributed by atoms with Crippen LogP contribution in [-0.4, -0.2) is 76.2 Å². The summed E-state index contributed by atoms with van der Waals surface area (Å²) in [5, 5.41) is 22.4. The summed E-state index contributed by atoms with van der Waals surface area (Å²) in [4.78, 5) is 30.7. The fraction of sp³-hybridized carbons (Fsp3) is 0.222. The Morgan fingerprint density at radius 3 is 2.67 bits per heavy atom. The molecule has 3 heterocycles. The quantitative estimate of drug-likeness (QED) is 0.358. The summed E-state index contributed by atoms with van der Waals surface area (Å²) in [7, 11) is 0. The van der Waals surface area contributed by atoms with Gasteiger partial charge in [-0.1, -0.05) is 36.4 Å². The summed E-state index contributed by atoms with van der Waals surface area (Å²) in [5.74, 6) is -0.286. The summed E-state index contributed by atoms with van der Waals surface area (Å²) in [6.07, 6.45) is 3.80. The number of thiophene rings is 1. The molecule has 0 aliphatic carbocycles.